The first-order valence-corrected chi connectivity index (χ1v) is 15.5. The third-order valence-corrected chi connectivity index (χ3v) is 9.99. The molecule has 0 spiro atoms. The smallest absolute Gasteiger partial charge is 0.309 e. The summed E-state index contributed by atoms with van der Waals surface area (Å²) in [6.07, 6.45) is 11.3. The molecule has 0 aromatic heterocycles. The van der Waals surface area contributed by atoms with Crippen molar-refractivity contribution >= 4 is 11.9 Å². The number of aliphatic hydroxyl groups excluding tert-OH is 2. The second kappa shape index (κ2) is 15.7. The lowest BCUT2D eigenvalue weighted by atomic mass is 9.60. The monoisotopic (exact) mass is 554 g/mol. The van der Waals surface area contributed by atoms with Crippen LogP contribution in [0.25, 0.3) is 0 Å². The highest BCUT2D eigenvalue weighted by molar-refractivity contribution is 5.75. The minimum Gasteiger partial charge on any atom is -0.469 e. The normalized spacial score (nSPS) is 31.7. The van der Waals surface area contributed by atoms with Gasteiger partial charge in [0.05, 0.1) is 50.5 Å². The predicted octanol–water partition coefficient (Wildman–Crippen LogP) is 4.82. The summed E-state index contributed by atoms with van der Waals surface area (Å²) in [4.78, 5) is 24.1. The highest BCUT2D eigenvalue weighted by Crippen LogP contribution is 2.49. The van der Waals surface area contributed by atoms with Gasteiger partial charge >= 0.3 is 11.9 Å². The van der Waals surface area contributed by atoms with E-state index in [2.05, 4.69) is 13.8 Å². The van der Waals surface area contributed by atoms with Crippen LogP contribution in [0.2, 0.25) is 0 Å². The maximum atomic E-state index is 12.4. The van der Waals surface area contributed by atoms with Crippen molar-refractivity contribution in [3.05, 3.63) is 0 Å². The molecule has 3 fully saturated rings. The quantitative estimate of drug-likeness (QED) is 0.312. The van der Waals surface area contributed by atoms with Crippen molar-refractivity contribution in [2.24, 2.45) is 29.1 Å². The van der Waals surface area contributed by atoms with E-state index in [1.54, 1.807) is 0 Å². The fourth-order valence-electron chi connectivity index (χ4n) is 6.97. The van der Waals surface area contributed by atoms with Crippen LogP contribution in [0.4, 0.5) is 0 Å². The minimum atomic E-state index is -0.828. The number of methoxy groups -OCH3 is 1. The maximum Gasteiger partial charge on any atom is 0.309 e. The van der Waals surface area contributed by atoms with Crippen LogP contribution >= 0.6 is 0 Å². The van der Waals surface area contributed by atoms with Crippen LogP contribution in [0.1, 0.15) is 104 Å². The molecular weight excluding hydrogens is 500 g/mol. The van der Waals surface area contributed by atoms with Crippen LogP contribution in [-0.2, 0) is 28.5 Å². The summed E-state index contributed by atoms with van der Waals surface area (Å²) in [7, 11) is 1.39. The Bertz CT molecular complexity index is 731. The lowest BCUT2D eigenvalue weighted by molar-refractivity contribution is -0.157. The zero-order valence-corrected chi connectivity index (χ0v) is 24.8. The zero-order valence-electron chi connectivity index (χ0n) is 24.8. The highest BCUT2D eigenvalue weighted by Gasteiger charge is 2.41. The Kier molecular flexibility index (Phi) is 13.0. The number of carbonyl (C=O) groups is 2. The van der Waals surface area contributed by atoms with Gasteiger partial charge in [-0.2, -0.15) is 0 Å². The number of carbonyl (C=O) groups excluding carboxylic acids is 2. The van der Waals surface area contributed by atoms with Crippen LogP contribution in [0.15, 0.2) is 0 Å². The van der Waals surface area contributed by atoms with E-state index in [0.29, 0.717) is 44.1 Å². The predicted molar refractivity (Wildman–Crippen MR) is 148 cm³/mol. The van der Waals surface area contributed by atoms with Gasteiger partial charge in [0.2, 0.25) is 0 Å². The summed E-state index contributed by atoms with van der Waals surface area (Å²) in [5, 5.41) is 20.1. The molecule has 8 nitrogen and oxygen atoms in total. The summed E-state index contributed by atoms with van der Waals surface area (Å²) < 4.78 is 22.1. The van der Waals surface area contributed by atoms with Crippen LogP contribution < -0.4 is 0 Å². The summed E-state index contributed by atoms with van der Waals surface area (Å²) in [6.45, 7) is 7.43. The van der Waals surface area contributed by atoms with Crippen molar-refractivity contribution in [3.8, 4) is 0 Å². The summed E-state index contributed by atoms with van der Waals surface area (Å²) in [6, 6.07) is 0. The first-order valence-electron chi connectivity index (χ1n) is 15.5. The van der Waals surface area contributed by atoms with Crippen molar-refractivity contribution in [2.45, 2.75) is 129 Å². The molecule has 0 saturated heterocycles. The van der Waals surface area contributed by atoms with E-state index in [1.165, 1.54) is 20.0 Å². The van der Waals surface area contributed by atoms with E-state index < -0.39 is 6.10 Å². The average Bonchev–Trinajstić information content (AvgIpc) is 2.97. The summed E-state index contributed by atoms with van der Waals surface area (Å²) >= 11 is 0. The Morgan fingerprint density at radius 3 is 1.56 bits per heavy atom. The van der Waals surface area contributed by atoms with Crippen molar-refractivity contribution < 1.29 is 38.7 Å². The average molecular weight is 555 g/mol. The number of aliphatic hydroxyl groups is 2. The lowest BCUT2D eigenvalue weighted by Crippen LogP contribution is -2.39. The van der Waals surface area contributed by atoms with Crippen LogP contribution in [0.3, 0.4) is 0 Å². The van der Waals surface area contributed by atoms with Crippen LogP contribution in [-0.4, -0.2) is 73.5 Å². The highest BCUT2D eigenvalue weighted by atomic mass is 16.6. The zero-order chi connectivity index (χ0) is 28.4. The molecular formula is C31H54O8. The van der Waals surface area contributed by atoms with Gasteiger partial charge in [-0.25, -0.2) is 0 Å². The fraction of sp³-hybridized carbons (Fsp3) is 0.935. The van der Waals surface area contributed by atoms with Crippen molar-refractivity contribution in [3.63, 3.8) is 0 Å². The third kappa shape index (κ3) is 9.68. The molecule has 0 aromatic rings. The summed E-state index contributed by atoms with van der Waals surface area (Å²) in [5.41, 5.74) is 0.280. The lowest BCUT2D eigenvalue weighted by Gasteiger charge is -2.46. The van der Waals surface area contributed by atoms with Gasteiger partial charge < -0.3 is 29.2 Å². The Labute approximate surface area is 235 Å². The molecule has 0 amide bonds. The largest absolute Gasteiger partial charge is 0.469 e. The molecule has 226 valence electrons. The molecule has 39 heavy (non-hydrogen) atoms. The van der Waals surface area contributed by atoms with E-state index in [4.69, 9.17) is 18.9 Å². The van der Waals surface area contributed by atoms with Gasteiger partial charge in [0.1, 0.15) is 12.7 Å². The molecule has 0 radical (unpaired) electrons. The fourth-order valence-corrected chi connectivity index (χ4v) is 6.97. The molecule has 0 aliphatic heterocycles. The van der Waals surface area contributed by atoms with Crippen molar-refractivity contribution in [1.82, 2.24) is 0 Å². The number of rotatable bonds is 13. The van der Waals surface area contributed by atoms with Gasteiger partial charge in [-0.05, 0) is 101 Å². The van der Waals surface area contributed by atoms with Crippen LogP contribution in [0, 0.1) is 29.1 Å². The molecule has 3 aliphatic rings. The van der Waals surface area contributed by atoms with E-state index in [0.717, 1.165) is 44.9 Å². The molecule has 2 unspecified atom stereocenters. The van der Waals surface area contributed by atoms with Gasteiger partial charge in [-0.15, -0.1) is 0 Å². The molecule has 2 atom stereocenters. The molecule has 0 aromatic carbocycles. The van der Waals surface area contributed by atoms with Gasteiger partial charge in [-0.3, -0.25) is 9.59 Å². The second-order valence-corrected chi connectivity index (χ2v) is 12.9. The van der Waals surface area contributed by atoms with Crippen LogP contribution in [0.5, 0.6) is 0 Å². The van der Waals surface area contributed by atoms with Crippen molar-refractivity contribution in [1.29, 1.82) is 0 Å². The Morgan fingerprint density at radius 1 is 0.692 bits per heavy atom. The molecule has 3 rings (SSSR count). The SMILES string of the molecule is CCC(O)COC1CCC(C(C)(C)C2CCC(OCC(O)COC(=O)C3CCC(C(=O)OC)CC3)CC2)CC1. The molecule has 0 bridgehead atoms. The Balaban J connectivity index is 1.29. The first kappa shape index (κ1) is 32.3. The maximum absolute atomic E-state index is 12.4. The Hall–Kier alpha value is -1.22. The van der Waals surface area contributed by atoms with Gasteiger partial charge in [0, 0.05) is 0 Å². The molecule has 2 N–H and O–H groups in total. The number of ether oxygens (including phenoxy) is 4. The van der Waals surface area contributed by atoms with Crippen molar-refractivity contribution in [2.75, 3.05) is 26.9 Å². The Morgan fingerprint density at radius 2 is 1.13 bits per heavy atom. The number of hydrogen-bond donors (Lipinski definition) is 2. The molecule has 3 aliphatic carbocycles. The van der Waals surface area contributed by atoms with E-state index in [9.17, 15) is 19.8 Å². The van der Waals surface area contributed by atoms with E-state index in [-0.39, 0.29) is 60.7 Å². The molecule has 3 saturated carbocycles. The minimum absolute atomic E-state index is 0.0536. The topological polar surface area (TPSA) is 112 Å². The third-order valence-electron chi connectivity index (χ3n) is 9.99. The first-order chi connectivity index (χ1) is 18.6. The summed E-state index contributed by atoms with van der Waals surface area (Å²) in [5.74, 6) is 0.530. The van der Waals surface area contributed by atoms with Gasteiger partial charge in [-0.1, -0.05) is 20.8 Å². The molecule has 8 heteroatoms. The number of esters is 2. The van der Waals surface area contributed by atoms with Gasteiger partial charge in [0.15, 0.2) is 0 Å². The number of hydrogen-bond acceptors (Lipinski definition) is 8. The van der Waals surface area contributed by atoms with E-state index in [1.807, 2.05) is 6.92 Å². The van der Waals surface area contributed by atoms with Gasteiger partial charge in [0.25, 0.3) is 0 Å². The second-order valence-electron chi connectivity index (χ2n) is 12.9. The standard InChI is InChI=1S/C31H54O8/c1-5-25(32)18-37-27-14-10-23(11-15-27)31(2,3)24-12-16-28(17-13-24)38-19-26(33)20-39-30(35)22-8-6-21(7-9-22)29(34)36-4/h21-28,32-33H,5-20H2,1-4H3. The molecule has 0 heterocycles. The van der Waals surface area contributed by atoms with E-state index >= 15 is 0 Å².